The van der Waals surface area contributed by atoms with Gasteiger partial charge in [0.05, 0.1) is 5.39 Å². The lowest BCUT2D eigenvalue weighted by Crippen LogP contribution is -2.41. The number of carbonyl (C=O) groups is 4. The number of H-pyrrole nitrogens is 1. The summed E-state index contributed by atoms with van der Waals surface area (Å²) >= 11 is 0. The Labute approximate surface area is 232 Å². The van der Waals surface area contributed by atoms with Crippen molar-refractivity contribution in [1.82, 2.24) is 20.3 Å². The van der Waals surface area contributed by atoms with E-state index in [-0.39, 0.29) is 35.9 Å². The van der Waals surface area contributed by atoms with Crippen LogP contribution in [0, 0.1) is 0 Å². The van der Waals surface area contributed by atoms with Gasteiger partial charge in [0.25, 0.3) is 5.91 Å². The second kappa shape index (κ2) is 12.0. The lowest BCUT2D eigenvalue weighted by molar-refractivity contribution is -0.139. The second-order valence-electron chi connectivity index (χ2n) is 9.19. The van der Waals surface area contributed by atoms with Gasteiger partial charge in [0.2, 0.25) is 11.9 Å². The number of aryl methyl sites for hydroxylation is 2. The van der Waals surface area contributed by atoms with E-state index in [1.807, 2.05) is 0 Å². The largest absolute Gasteiger partial charge is 0.507 e. The van der Waals surface area contributed by atoms with Crippen molar-refractivity contribution in [2.45, 2.75) is 31.7 Å². The van der Waals surface area contributed by atoms with E-state index in [9.17, 15) is 29.4 Å². The highest BCUT2D eigenvalue weighted by atomic mass is 16.4. The molecule has 2 amide bonds. The van der Waals surface area contributed by atoms with Crippen molar-refractivity contribution >= 4 is 52.2 Å². The highest BCUT2D eigenvalue weighted by Crippen LogP contribution is 2.24. The number of hydrogen-bond donors (Lipinski definition) is 8. The number of aromatic hydroxyl groups is 1. The van der Waals surface area contributed by atoms with Crippen LogP contribution in [-0.2, 0) is 22.4 Å². The average Bonchev–Trinajstić information content (AvgIpc) is 3.33. The molecule has 212 valence electrons. The number of nitrogen functional groups attached to an aromatic ring is 2. The first-order chi connectivity index (χ1) is 19.5. The summed E-state index contributed by atoms with van der Waals surface area (Å²) in [5, 5.41) is 33.8. The summed E-state index contributed by atoms with van der Waals surface area (Å²) in [6.07, 6.45) is 2.56. The molecular weight excluding hydrogens is 534 g/mol. The number of benzene rings is 2. The predicted octanol–water partition coefficient (Wildman–Crippen LogP) is 1.91. The molecule has 0 aliphatic carbocycles. The summed E-state index contributed by atoms with van der Waals surface area (Å²) in [5.74, 6) is -4.00. The minimum Gasteiger partial charge on any atom is -0.507 e. The summed E-state index contributed by atoms with van der Waals surface area (Å²) in [5.41, 5.74) is 14.0. The zero-order valence-electron chi connectivity index (χ0n) is 21.5. The summed E-state index contributed by atoms with van der Waals surface area (Å²) in [7, 11) is 0. The summed E-state index contributed by atoms with van der Waals surface area (Å²) < 4.78 is 0. The van der Waals surface area contributed by atoms with Gasteiger partial charge in [-0.2, -0.15) is 9.97 Å². The number of rotatable bonds is 11. The Morgan fingerprint density at radius 1 is 0.976 bits per heavy atom. The van der Waals surface area contributed by atoms with Crippen molar-refractivity contribution < 1.29 is 34.5 Å². The van der Waals surface area contributed by atoms with E-state index in [1.54, 1.807) is 30.5 Å². The van der Waals surface area contributed by atoms with Gasteiger partial charge in [-0.1, -0.05) is 12.1 Å². The van der Waals surface area contributed by atoms with Crippen molar-refractivity contribution in [2.24, 2.45) is 0 Å². The molecule has 2 heterocycles. The van der Waals surface area contributed by atoms with E-state index in [0.29, 0.717) is 23.9 Å². The normalized spacial score (nSPS) is 11.6. The van der Waals surface area contributed by atoms with Crippen LogP contribution in [0.3, 0.4) is 0 Å². The maximum absolute atomic E-state index is 12.7. The van der Waals surface area contributed by atoms with Crippen LogP contribution in [0.2, 0.25) is 0 Å². The molecule has 0 bridgehead atoms. The van der Waals surface area contributed by atoms with Gasteiger partial charge in [0.1, 0.15) is 28.8 Å². The van der Waals surface area contributed by atoms with Gasteiger partial charge in [0.15, 0.2) is 0 Å². The van der Waals surface area contributed by atoms with Crippen LogP contribution < -0.4 is 22.1 Å². The Morgan fingerprint density at radius 3 is 2.39 bits per heavy atom. The third-order valence-electron chi connectivity index (χ3n) is 6.33. The number of aromatic amines is 1. The van der Waals surface area contributed by atoms with E-state index < -0.39 is 41.1 Å². The molecule has 2 aromatic carbocycles. The minimum absolute atomic E-state index is 0.0795. The molecule has 2 aromatic heterocycles. The molecule has 4 aromatic rings. The first kappa shape index (κ1) is 28.4. The summed E-state index contributed by atoms with van der Waals surface area (Å²) in [6, 6.07) is 8.83. The van der Waals surface area contributed by atoms with Crippen molar-refractivity contribution in [3.8, 4) is 5.75 Å². The van der Waals surface area contributed by atoms with Gasteiger partial charge < -0.3 is 42.4 Å². The number of carboxylic acids is 2. The summed E-state index contributed by atoms with van der Waals surface area (Å²) in [6.45, 7) is 0. The van der Waals surface area contributed by atoms with Crippen molar-refractivity contribution in [3.63, 3.8) is 0 Å². The number of nitrogens with zero attached hydrogens (tertiary/aromatic N) is 2. The van der Waals surface area contributed by atoms with Crippen molar-refractivity contribution in [2.75, 3.05) is 16.8 Å². The van der Waals surface area contributed by atoms with E-state index in [0.717, 1.165) is 23.3 Å². The number of anilines is 3. The second-order valence-corrected chi connectivity index (χ2v) is 9.19. The number of amides is 2. The Kier molecular flexibility index (Phi) is 8.32. The molecule has 1 atom stereocenters. The van der Waals surface area contributed by atoms with Crippen LogP contribution in [-0.4, -0.2) is 60.1 Å². The number of fused-ring (bicyclic) bond motifs is 1. The SMILES string of the molecule is Nc1nc(N)c2c(CCc3ccc(C(=O)N[C@@H](CCC(=O)Nc4ccc(O)c(C(=O)O)c4)C(=O)O)cc3)c[nH]c2n1. The molecule has 0 aliphatic heterocycles. The molecule has 0 spiro atoms. The topological polar surface area (TPSA) is 247 Å². The molecule has 10 N–H and O–H groups in total. The average molecular weight is 562 g/mol. The fraction of sp³-hybridized carbons (Fsp3) is 0.185. The molecule has 41 heavy (non-hydrogen) atoms. The molecule has 0 aliphatic rings. The number of phenols is 1. The van der Waals surface area contributed by atoms with Crippen LogP contribution in [0.15, 0.2) is 48.7 Å². The van der Waals surface area contributed by atoms with Crippen LogP contribution in [0.5, 0.6) is 5.75 Å². The van der Waals surface area contributed by atoms with E-state index in [1.165, 1.54) is 6.07 Å². The molecule has 0 saturated carbocycles. The molecule has 0 unspecified atom stereocenters. The van der Waals surface area contributed by atoms with Gasteiger partial charge in [-0.25, -0.2) is 9.59 Å². The van der Waals surface area contributed by atoms with Crippen LogP contribution in [0.25, 0.3) is 11.0 Å². The minimum atomic E-state index is -1.37. The third-order valence-corrected chi connectivity index (χ3v) is 6.33. The maximum atomic E-state index is 12.7. The van der Waals surface area contributed by atoms with Crippen LogP contribution in [0.4, 0.5) is 17.5 Å². The zero-order valence-corrected chi connectivity index (χ0v) is 21.5. The fourth-order valence-electron chi connectivity index (χ4n) is 4.23. The number of carbonyl (C=O) groups excluding carboxylic acids is 2. The standard InChI is InChI=1S/C27H27N7O7/c28-22-21-15(12-30-23(21)34-27(29)33-22)6-3-13-1-4-14(5-2-13)24(37)32-18(26(40)41)8-10-20(36)31-16-7-9-19(35)17(11-16)25(38)39/h1-2,4-5,7,9,11-12,18,35H,3,6,8,10H2,(H,31,36)(H,32,37)(H,38,39)(H,40,41)(H5,28,29,30,33,34)/t18-/m0/s1. The van der Waals surface area contributed by atoms with Crippen molar-refractivity contribution in [1.29, 1.82) is 0 Å². The summed E-state index contributed by atoms with van der Waals surface area (Å²) in [4.78, 5) is 59.0. The number of nitrogens with two attached hydrogens (primary N) is 2. The third kappa shape index (κ3) is 6.86. The number of nitrogens with one attached hydrogen (secondary N) is 3. The monoisotopic (exact) mass is 561 g/mol. The van der Waals surface area contributed by atoms with Crippen molar-refractivity contribution in [3.05, 3.63) is 70.9 Å². The number of hydrogen-bond acceptors (Lipinski definition) is 9. The molecule has 0 saturated heterocycles. The molecule has 4 rings (SSSR count). The van der Waals surface area contributed by atoms with E-state index in [4.69, 9.17) is 16.6 Å². The molecular formula is C27H27N7O7. The van der Waals surface area contributed by atoms with E-state index >= 15 is 0 Å². The Hall–Kier alpha value is -5.66. The maximum Gasteiger partial charge on any atom is 0.339 e. The smallest absolute Gasteiger partial charge is 0.339 e. The quantitative estimate of drug-likeness (QED) is 0.123. The molecule has 14 nitrogen and oxygen atoms in total. The Balaban J connectivity index is 1.31. The Morgan fingerprint density at radius 2 is 1.71 bits per heavy atom. The van der Waals surface area contributed by atoms with Crippen LogP contribution in [0.1, 0.15) is 44.7 Å². The van der Waals surface area contributed by atoms with Gasteiger partial charge in [-0.05, 0) is 60.7 Å². The Bertz CT molecular complexity index is 1630. The lowest BCUT2D eigenvalue weighted by Gasteiger charge is -2.15. The van der Waals surface area contributed by atoms with E-state index in [2.05, 4.69) is 25.6 Å². The number of carboxylic acid groups (broad SMARTS) is 2. The number of aromatic nitrogens is 3. The van der Waals surface area contributed by atoms with Gasteiger partial charge in [-0.15, -0.1) is 0 Å². The molecule has 14 heteroatoms. The number of aromatic carboxylic acids is 1. The lowest BCUT2D eigenvalue weighted by atomic mass is 10.0. The highest BCUT2D eigenvalue weighted by molar-refractivity contribution is 5.98. The first-order valence-electron chi connectivity index (χ1n) is 12.4. The van der Waals surface area contributed by atoms with Gasteiger partial charge in [-0.3, -0.25) is 9.59 Å². The molecule has 0 fully saturated rings. The van der Waals surface area contributed by atoms with Gasteiger partial charge >= 0.3 is 11.9 Å². The fourth-order valence-corrected chi connectivity index (χ4v) is 4.23. The zero-order chi connectivity index (χ0) is 29.7. The van der Waals surface area contributed by atoms with Crippen LogP contribution >= 0.6 is 0 Å². The predicted molar refractivity (Wildman–Crippen MR) is 148 cm³/mol. The molecule has 0 radical (unpaired) electrons. The first-order valence-corrected chi connectivity index (χ1v) is 12.4. The highest BCUT2D eigenvalue weighted by Gasteiger charge is 2.22. The van der Waals surface area contributed by atoms with Gasteiger partial charge in [0, 0.05) is 23.9 Å². The number of aliphatic carboxylic acids is 1.